The molecule has 1 heterocycles. The number of hydrazine groups is 1. The molecular formula is C11H13N3O4. The quantitative estimate of drug-likeness (QED) is 0.304. The minimum atomic E-state index is -0.415. The Balaban J connectivity index is 0.00000162. The van der Waals surface area contributed by atoms with E-state index in [1.807, 2.05) is 5.43 Å². The molecule has 1 aromatic rings. The number of fused-ring (bicyclic) bond motifs is 1. The average Bonchev–Trinajstić information content (AvgIpc) is 2.60. The highest BCUT2D eigenvalue weighted by molar-refractivity contribution is 6.21. The van der Waals surface area contributed by atoms with E-state index in [9.17, 15) is 14.4 Å². The van der Waals surface area contributed by atoms with Gasteiger partial charge >= 0.3 is 0 Å². The van der Waals surface area contributed by atoms with Gasteiger partial charge in [-0.2, -0.15) is 0 Å². The van der Waals surface area contributed by atoms with Gasteiger partial charge in [-0.15, -0.1) is 0 Å². The van der Waals surface area contributed by atoms with Crippen molar-refractivity contribution in [2.75, 3.05) is 6.54 Å². The topological polar surface area (TPSA) is 124 Å². The fraction of sp³-hybridized carbons (Fsp3) is 0.182. The van der Waals surface area contributed by atoms with Crippen LogP contribution in [0.2, 0.25) is 0 Å². The van der Waals surface area contributed by atoms with E-state index in [0.29, 0.717) is 11.1 Å². The van der Waals surface area contributed by atoms with Crippen molar-refractivity contribution in [3.05, 3.63) is 35.4 Å². The van der Waals surface area contributed by atoms with Gasteiger partial charge in [0.15, 0.2) is 0 Å². The first-order chi connectivity index (χ1) is 8.15. The van der Waals surface area contributed by atoms with Crippen molar-refractivity contribution in [3.8, 4) is 0 Å². The zero-order valence-corrected chi connectivity index (χ0v) is 9.47. The predicted octanol–water partition coefficient (Wildman–Crippen LogP) is -1.16. The van der Waals surface area contributed by atoms with Crippen LogP contribution in [0, 0.1) is 0 Å². The Morgan fingerprint density at radius 3 is 2.11 bits per heavy atom. The standard InChI is InChI=1S/C11H11N3O3.H2O/c12-13-9(15)5-6-14-10(16)7-3-1-2-4-8(7)11(14)17;/h1-4H,5-6,12H2,(H,13,15);1H2. The van der Waals surface area contributed by atoms with Gasteiger partial charge in [-0.05, 0) is 12.1 Å². The zero-order chi connectivity index (χ0) is 12.4. The molecule has 0 unspecified atom stereocenters. The van der Waals surface area contributed by atoms with Crippen molar-refractivity contribution < 1.29 is 19.9 Å². The third kappa shape index (κ3) is 2.22. The van der Waals surface area contributed by atoms with Crippen LogP contribution in [0.3, 0.4) is 0 Å². The van der Waals surface area contributed by atoms with Crippen LogP contribution in [0.25, 0.3) is 0 Å². The average molecular weight is 251 g/mol. The number of benzene rings is 1. The molecule has 0 aliphatic carbocycles. The molecule has 5 N–H and O–H groups in total. The van der Waals surface area contributed by atoms with Gasteiger partial charge < -0.3 is 5.48 Å². The smallest absolute Gasteiger partial charge is 0.261 e. The molecule has 0 fully saturated rings. The summed E-state index contributed by atoms with van der Waals surface area (Å²) in [5, 5.41) is 0. The van der Waals surface area contributed by atoms with Crippen molar-refractivity contribution in [2.24, 2.45) is 5.84 Å². The first-order valence-electron chi connectivity index (χ1n) is 5.10. The second-order valence-electron chi connectivity index (χ2n) is 3.63. The van der Waals surface area contributed by atoms with Crippen LogP contribution in [0.5, 0.6) is 0 Å². The van der Waals surface area contributed by atoms with Crippen molar-refractivity contribution in [2.45, 2.75) is 6.42 Å². The second kappa shape index (κ2) is 5.39. The maximum atomic E-state index is 11.9. The Kier molecular flexibility index (Phi) is 4.13. The number of nitrogens with one attached hydrogen (secondary N) is 1. The Morgan fingerprint density at radius 1 is 1.17 bits per heavy atom. The molecule has 3 amide bonds. The van der Waals surface area contributed by atoms with Gasteiger partial charge in [0, 0.05) is 13.0 Å². The molecule has 7 heteroatoms. The summed E-state index contributed by atoms with van der Waals surface area (Å²) in [6, 6.07) is 6.58. The summed E-state index contributed by atoms with van der Waals surface area (Å²) < 4.78 is 0. The van der Waals surface area contributed by atoms with Gasteiger partial charge in [0.05, 0.1) is 11.1 Å². The second-order valence-corrected chi connectivity index (χ2v) is 3.63. The van der Waals surface area contributed by atoms with E-state index in [1.165, 1.54) is 0 Å². The number of hydrogen-bond donors (Lipinski definition) is 2. The van der Waals surface area contributed by atoms with E-state index in [0.717, 1.165) is 4.90 Å². The Labute approximate surface area is 103 Å². The molecule has 1 aliphatic rings. The van der Waals surface area contributed by atoms with Crippen LogP contribution in [0.4, 0.5) is 0 Å². The van der Waals surface area contributed by atoms with Crippen molar-refractivity contribution in [1.82, 2.24) is 10.3 Å². The Hall–Kier alpha value is -2.25. The normalized spacial score (nSPS) is 13.1. The third-order valence-corrected chi connectivity index (χ3v) is 2.60. The van der Waals surface area contributed by atoms with Crippen LogP contribution in [0.15, 0.2) is 24.3 Å². The number of hydrogen-bond acceptors (Lipinski definition) is 4. The van der Waals surface area contributed by atoms with E-state index in [2.05, 4.69) is 0 Å². The third-order valence-electron chi connectivity index (χ3n) is 2.60. The number of carbonyl (C=O) groups is 3. The van der Waals surface area contributed by atoms with Gasteiger partial charge in [-0.3, -0.25) is 24.7 Å². The molecule has 0 spiro atoms. The number of carbonyl (C=O) groups excluding carboxylic acids is 3. The number of amides is 3. The summed E-state index contributed by atoms with van der Waals surface area (Å²) in [6.07, 6.45) is 0.00195. The minimum absolute atomic E-state index is 0. The molecule has 0 saturated heterocycles. The number of rotatable bonds is 3. The van der Waals surface area contributed by atoms with E-state index in [1.54, 1.807) is 24.3 Å². The highest BCUT2D eigenvalue weighted by Gasteiger charge is 2.34. The molecule has 0 atom stereocenters. The largest absolute Gasteiger partial charge is 0.412 e. The van der Waals surface area contributed by atoms with E-state index in [-0.39, 0.29) is 30.3 Å². The van der Waals surface area contributed by atoms with Gasteiger partial charge in [0.2, 0.25) is 5.91 Å². The van der Waals surface area contributed by atoms with Crippen LogP contribution < -0.4 is 11.3 Å². The monoisotopic (exact) mass is 251 g/mol. The summed E-state index contributed by atoms with van der Waals surface area (Å²) in [5.74, 6) is 3.78. The van der Waals surface area contributed by atoms with Gasteiger partial charge in [0.25, 0.3) is 11.8 Å². The molecule has 7 nitrogen and oxygen atoms in total. The van der Waals surface area contributed by atoms with E-state index >= 15 is 0 Å². The van der Waals surface area contributed by atoms with Crippen LogP contribution in [0.1, 0.15) is 27.1 Å². The summed E-state index contributed by atoms with van der Waals surface area (Å²) in [7, 11) is 0. The highest BCUT2D eigenvalue weighted by atomic mass is 16.2. The van der Waals surface area contributed by atoms with Crippen molar-refractivity contribution in [3.63, 3.8) is 0 Å². The van der Waals surface area contributed by atoms with Crippen LogP contribution in [-0.4, -0.2) is 34.6 Å². The van der Waals surface area contributed by atoms with Crippen LogP contribution in [-0.2, 0) is 4.79 Å². The molecular weight excluding hydrogens is 238 g/mol. The molecule has 0 saturated carbocycles. The summed E-state index contributed by atoms with van der Waals surface area (Å²) in [6.45, 7) is 0.0371. The molecule has 1 aliphatic heterocycles. The fourth-order valence-corrected chi connectivity index (χ4v) is 1.73. The molecule has 0 bridgehead atoms. The van der Waals surface area contributed by atoms with Gasteiger partial charge in [0.1, 0.15) is 0 Å². The molecule has 0 aromatic heterocycles. The Bertz CT molecular complexity index is 466. The lowest BCUT2D eigenvalue weighted by Crippen LogP contribution is -2.36. The SMILES string of the molecule is NNC(=O)CCN1C(=O)c2ccccc2C1=O.O. The summed E-state index contributed by atoms with van der Waals surface area (Å²) in [5.41, 5.74) is 2.71. The summed E-state index contributed by atoms with van der Waals surface area (Å²) in [4.78, 5) is 35.7. The Morgan fingerprint density at radius 2 is 1.67 bits per heavy atom. The van der Waals surface area contributed by atoms with E-state index < -0.39 is 5.91 Å². The number of imide groups is 1. The first-order valence-corrected chi connectivity index (χ1v) is 5.10. The van der Waals surface area contributed by atoms with Crippen molar-refractivity contribution in [1.29, 1.82) is 0 Å². The number of nitrogens with two attached hydrogens (primary N) is 1. The maximum absolute atomic E-state index is 11.9. The summed E-state index contributed by atoms with van der Waals surface area (Å²) >= 11 is 0. The van der Waals surface area contributed by atoms with Crippen LogP contribution >= 0.6 is 0 Å². The highest BCUT2D eigenvalue weighted by Crippen LogP contribution is 2.22. The number of nitrogens with zero attached hydrogens (tertiary/aromatic N) is 1. The first kappa shape index (κ1) is 13.8. The molecule has 2 rings (SSSR count). The fourth-order valence-electron chi connectivity index (χ4n) is 1.73. The maximum Gasteiger partial charge on any atom is 0.261 e. The van der Waals surface area contributed by atoms with Crippen molar-refractivity contribution >= 4 is 17.7 Å². The van der Waals surface area contributed by atoms with Gasteiger partial charge in [-0.25, -0.2) is 5.84 Å². The van der Waals surface area contributed by atoms with Gasteiger partial charge in [-0.1, -0.05) is 12.1 Å². The molecule has 18 heavy (non-hydrogen) atoms. The lowest BCUT2D eigenvalue weighted by Gasteiger charge is -2.12. The minimum Gasteiger partial charge on any atom is -0.412 e. The zero-order valence-electron chi connectivity index (χ0n) is 9.47. The molecule has 0 radical (unpaired) electrons. The molecule has 96 valence electrons. The lowest BCUT2D eigenvalue weighted by atomic mass is 10.1. The lowest BCUT2D eigenvalue weighted by molar-refractivity contribution is -0.121. The van der Waals surface area contributed by atoms with E-state index in [4.69, 9.17) is 5.84 Å². The molecule has 1 aromatic carbocycles. The predicted molar refractivity (Wildman–Crippen MR) is 62.4 cm³/mol.